The molecule has 0 radical (unpaired) electrons. The van der Waals surface area contributed by atoms with Crippen LogP contribution in [0.2, 0.25) is 0 Å². The molecule has 4 rings (SSSR count). The van der Waals surface area contributed by atoms with Crippen molar-refractivity contribution in [2.75, 3.05) is 45.2 Å². The zero-order valence-electron chi connectivity index (χ0n) is 21.3. The van der Waals surface area contributed by atoms with Crippen molar-refractivity contribution < 1.29 is 14.4 Å². The summed E-state index contributed by atoms with van der Waals surface area (Å²) in [7, 11) is 3.81. The molecule has 1 aliphatic rings. The first kappa shape index (κ1) is 25.1. The van der Waals surface area contributed by atoms with Crippen LogP contribution in [0.15, 0.2) is 28.8 Å². The lowest BCUT2D eigenvalue weighted by atomic mass is 10.0. The number of ether oxygens (including phenoxy) is 1. The average molecular weight is 481 g/mol. The number of aromatic nitrogens is 3. The maximum absolute atomic E-state index is 10.0. The molecule has 1 aliphatic heterocycles. The van der Waals surface area contributed by atoms with Gasteiger partial charge in [0.2, 0.25) is 0 Å². The Balaban J connectivity index is 1.76. The predicted molar refractivity (Wildman–Crippen MR) is 137 cm³/mol. The third-order valence-corrected chi connectivity index (χ3v) is 6.49. The highest BCUT2D eigenvalue weighted by Gasteiger charge is 2.26. The summed E-state index contributed by atoms with van der Waals surface area (Å²) in [5.74, 6) is 2.95. The summed E-state index contributed by atoms with van der Waals surface area (Å²) in [6, 6.07) is 8.12. The molecule has 0 aliphatic carbocycles. The third kappa shape index (κ3) is 5.63. The Labute approximate surface area is 206 Å². The molecule has 3 N–H and O–H groups in total. The Morgan fingerprint density at radius 1 is 1.23 bits per heavy atom. The van der Waals surface area contributed by atoms with Gasteiger partial charge in [-0.15, -0.1) is 0 Å². The molecule has 0 amide bonds. The number of nitrogens with one attached hydrogen (secondary N) is 2. The zero-order chi connectivity index (χ0) is 24.9. The summed E-state index contributed by atoms with van der Waals surface area (Å²) in [4.78, 5) is 12.4. The quantitative estimate of drug-likeness (QED) is 0.426. The molecule has 2 atom stereocenters. The van der Waals surface area contributed by atoms with E-state index in [0.29, 0.717) is 24.2 Å². The van der Waals surface area contributed by atoms with E-state index in [-0.39, 0.29) is 6.61 Å². The van der Waals surface area contributed by atoms with Gasteiger partial charge in [-0.1, -0.05) is 17.3 Å². The SMILES string of the molecule is CNCC(O)COc1cccc(-c2nc(-c3c(C)noc3C)c(C)c(N3CCC[C@@H](NC)C3)n2)c1. The number of aryl methyl sites for hydroxylation is 2. The monoisotopic (exact) mass is 480 g/mol. The molecule has 9 heteroatoms. The highest BCUT2D eigenvalue weighted by atomic mass is 16.5. The van der Waals surface area contributed by atoms with Crippen molar-refractivity contribution in [2.24, 2.45) is 0 Å². The molecule has 0 saturated carbocycles. The standard InChI is InChI=1S/C26H36N6O3/c1-16-24(23-17(2)31-35-18(23)3)29-25(30-26(16)32-11-7-9-20(14-32)28-5)19-8-6-10-22(12-19)34-15-21(33)13-27-4/h6,8,10,12,20-21,27-28,33H,7,9,11,13-15H2,1-5H3/t20-,21?/m1/s1. The number of benzene rings is 1. The molecule has 1 aromatic carbocycles. The lowest BCUT2D eigenvalue weighted by Gasteiger charge is -2.34. The molecule has 188 valence electrons. The van der Waals surface area contributed by atoms with Crippen molar-refractivity contribution in [3.63, 3.8) is 0 Å². The zero-order valence-corrected chi connectivity index (χ0v) is 21.3. The molecule has 1 saturated heterocycles. The maximum atomic E-state index is 10.0. The number of nitrogens with zero attached hydrogens (tertiary/aromatic N) is 4. The first-order chi connectivity index (χ1) is 16.9. The van der Waals surface area contributed by atoms with Crippen LogP contribution in [0.5, 0.6) is 5.75 Å². The fraction of sp³-hybridized carbons (Fsp3) is 0.500. The van der Waals surface area contributed by atoms with Crippen LogP contribution in [-0.2, 0) is 0 Å². The molecule has 1 unspecified atom stereocenters. The van der Waals surface area contributed by atoms with Gasteiger partial charge in [-0.05, 0) is 59.8 Å². The van der Waals surface area contributed by atoms with Crippen LogP contribution < -0.4 is 20.3 Å². The number of rotatable bonds is 9. The van der Waals surface area contributed by atoms with E-state index < -0.39 is 6.10 Å². The van der Waals surface area contributed by atoms with Gasteiger partial charge in [-0.25, -0.2) is 9.97 Å². The van der Waals surface area contributed by atoms with E-state index in [1.807, 2.05) is 45.2 Å². The topological polar surface area (TPSA) is 109 Å². The minimum atomic E-state index is -0.587. The van der Waals surface area contributed by atoms with Gasteiger partial charge in [0.25, 0.3) is 0 Å². The van der Waals surface area contributed by atoms with Crippen molar-refractivity contribution in [1.29, 1.82) is 0 Å². The summed E-state index contributed by atoms with van der Waals surface area (Å²) in [6.45, 7) is 8.44. The number of aliphatic hydroxyl groups is 1. The van der Waals surface area contributed by atoms with E-state index in [1.165, 1.54) is 0 Å². The Morgan fingerprint density at radius 2 is 2.06 bits per heavy atom. The van der Waals surface area contributed by atoms with Gasteiger partial charge in [0.15, 0.2) is 5.82 Å². The van der Waals surface area contributed by atoms with E-state index in [1.54, 1.807) is 7.05 Å². The van der Waals surface area contributed by atoms with Crippen molar-refractivity contribution in [3.8, 4) is 28.4 Å². The number of anilines is 1. The predicted octanol–water partition coefficient (Wildman–Crippen LogP) is 2.87. The van der Waals surface area contributed by atoms with Crippen molar-refractivity contribution in [2.45, 2.75) is 45.8 Å². The number of likely N-dealkylation sites (N-methyl/N-ethyl adjacent to an activating group) is 2. The van der Waals surface area contributed by atoms with E-state index in [2.05, 4.69) is 27.6 Å². The summed E-state index contributed by atoms with van der Waals surface area (Å²) >= 11 is 0. The molecule has 9 nitrogen and oxygen atoms in total. The molecule has 35 heavy (non-hydrogen) atoms. The van der Waals surface area contributed by atoms with E-state index in [4.69, 9.17) is 19.2 Å². The van der Waals surface area contributed by atoms with E-state index >= 15 is 0 Å². The Morgan fingerprint density at radius 3 is 2.77 bits per heavy atom. The minimum Gasteiger partial charge on any atom is -0.491 e. The van der Waals surface area contributed by atoms with E-state index in [0.717, 1.165) is 65.6 Å². The molecule has 0 bridgehead atoms. The Kier molecular flexibility index (Phi) is 8.00. The number of aliphatic hydroxyl groups excluding tert-OH is 1. The third-order valence-electron chi connectivity index (χ3n) is 6.49. The van der Waals surface area contributed by atoms with Gasteiger partial charge in [0.1, 0.15) is 30.0 Å². The van der Waals surface area contributed by atoms with Crippen molar-refractivity contribution in [3.05, 3.63) is 41.3 Å². The maximum Gasteiger partial charge on any atom is 0.162 e. The smallest absolute Gasteiger partial charge is 0.162 e. The Bertz CT molecular complexity index is 1130. The second-order valence-electron chi connectivity index (χ2n) is 9.17. The minimum absolute atomic E-state index is 0.202. The van der Waals surface area contributed by atoms with Crippen molar-refractivity contribution in [1.82, 2.24) is 25.8 Å². The van der Waals surface area contributed by atoms with Crippen LogP contribution in [0.4, 0.5) is 5.82 Å². The van der Waals surface area contributed by atoms with Crippen LogP contribution in [0.25, 0.3) is 22.6 Å². The van der Waals surface area contributed by atoms with Crippen LogP contribution in [0.3, 0.4) is 0 Å². The van der Waals surface area contributed by atoms with E-state index in [9.17, 15) is 5.11 Å². The lowest BCUT2D eigenvalue weighted by Crippen LogP contribution is -2.45. The van der Waals surface area contributed by atoms with Gasteiger partial charge in [-0.2, -0.15) is 0 Å². The molecule has 0 spiro atoms. The largest absolute Gasteiger partial charge is 0.491 e. The summed E-state index contributed by atoms with van der Waals surface area (Å²) in [5, 5.41) is 20.5. The summed E-state index contributed by atoms with van der Waals surface area (Å²) in [5.41, 5.74) is 4.42. The number of piperidine rings is 1. The fourth-order valence-electron chi connectivity index (χ4n) is 4.62. The van der Waals surface area contributed by atoms with Crippen LogP contribution in [0.1, 0.15) is 29.9 Å². The van der Waals surface area contributed by atoms with Crippen LogP contribution >= 0.6 is 0 Å². The van der Waals surface area contributed by atoms with Crippen LogP contribution in [0, 0.1) is 20.8 Å². The Hall–Kier alpha value is -3.01. The molecule has 1 fully saturated rings. The first-order valence-electron chi connectivity index (χ1n) is 12.2. The van der Waals surface area contributed by atoms with Gasteiger partial charge in [0.05, 0.1) is 17.0 Å². The summed E-state index contributed by atoms with van der Waals surface area (Å²) in [6.07, 6.45) is 1.67. The number of hydrogen-bond donors (Lipinski definition) is 3. The second-order valence-corrected chi connectivity index (χ2v) is 9.17. The first-order valence-corrected chi connectivity index (χ1v) is 12.2. The fourth-order valence-corrected chi connectivity index (χ4v) is 4.62. The molecular weight excluding hydrogens is 444 g/mol. The molecule has 3 aromatic rings. The molecule has 3 heterocycles. The van der Waals surface area contributed by atoms with Gasteiger partial charge < -0.3 is 29.9 Å². The highest BCUT2D eigenvalue weighted by molar-refractivity contribution is 5.75. The normalized spacial score (nSPS) is 17.0. The molecule has 2 aromatic heterocycles. The van der Waals surface area contributed by atoms with Gasteiger partial charge in [-0.3, -0.25) is 0 Å². The lowest BCUT2D eigenvalue weighted by molar-refractivity contribution is 0.108. The van der Waals surface area contributed by atoms with Crippen molar-refractivity contribution >= 4 is 5.82 Å². The highest BCUT2D eigenvalue weighted by Crippen LogP contribution is 2.35. The van der Waals surface area contributed by atoms with Gasteiger partial charge in [0, 0.05) is 36.8 Å². The number of hydrogen-bond acceptors (Lipinski definition) is 9. The average Bonchev–Trinajstić information content (AvgIpc) is 3.21. The van der Waals surface area contributed by atoms with Gasteiger partial charge >= 0.3 is 0 Å². The van der Waals surface area contributed by atoms with Crippen LogP contribution in [-0.4, -0.2) is 72.7 Å². The molecular formula is C26H36N6O3. The second kappa shape index (κ2) is 11.2. The summed E-state index contributed by atoms with van der Waals surface area (Å²) < 4.78 is 11.3.